The molecule has 0 fully saturated rings. The molecule has 1 aliphatic heterocycles. The highest BCUT2D eigenvalue weighted by molar-refractivity contribution is 9.10. The van der Waals surface area contributed by atoms with Crippen molar-refractivity contribution >= 4 is 31.9 Å². The van der Waals surface area contributed by atoms with Crippen LogP contribution in [0, 0.1) is 0 Å². The van der Waals surface area contributed by atoms with E-state index in [-0.39, 0.29) is 12.1 Å². The Balaban J connectivity index is 1.99. The normalized spacial score (nSPS) is 20.6. The molecule has 0 saturated carbocycles. The number of nitrogens with two attached hydrogens (primary N) is 1. The van der Waals surface area contributed by atoms with E-state index in [9.17, 15) is 0 Å². The molecular formula is C16H15Br2NO2. The van der Waals surface area contributed by atoms with Crippen molar-refractivity contribution in [2.45, 2.75) is 18.6 Å². The SMILES string of the molecule is COc1ccc(Br)cc1C1C[C@@H](N)c2cc(Br)ccc2O1. The summed E-state index contributed by atoms with van der Waals surface area (Å²) in [6, 6.07) is 11.8. The summed E-state index contributed by atoms with van der Waals surface area (Å²) < 4.78 is 13.6. The van der Waals surface area contributed by atoms with Crippen LogP contribution in [0.15, 0.2) is 45.3 Å². The fraction of sp³-hybridized carbons (Fsp3) is 0.250. The first-order valence-electron chi connectivity index (χ1n) is 6.63. The van der Waals surface area contributed by atoms with Gasteiger partial charge in [0.2, 0.25) is 0 Å². The number of methoxy groups -OCH3 is 1. The molecule has 2 N–H and O–H groups in total. The van der Waals surface area contributed by atoms with Crippen molar-refractivity contribution in [3.05, 3.63) is 56.5 Å². The third kappa shape index (κ3) is 2.96. The van der Waals surface area contributed by atoms with E-state index in [0.717, 1.165) is 38.0 Å². The number of rotatable bonds is 2. The van der Waals surface area contributed by atoms with Gasteiger partial charge in [-0.15, -0.1) is 0 Å². The van der Waals surface area contributed by atoms with E-state index in [1.165, 1.54) is 0 Å². The zero-order valence-corrected chi connectivity index (χ0v) is 14.6. The van der Waals surface area contributed by atoms with Crippen LogP contribution in [0.1, 0.15) is 29.7 Å². The molecule has 3 rings (SSSR count). The highest BCUT2D eigenvalue weighted by Gasteiger charge is 2.29. The zero-order valence-electron chi connectivity index (χ0n) is 11.5. The minimum atomic E-state index is -0.110. The van der Waals surface area contributed by atoms with Crippen LogP contribution in [0.25, 0.3) is 0 Å². The summed E-state index contributed by atoms with van der Waals surface area (Å²) in [6.45, 7) is 0. The standard InChI is InChI=1S/C16H15Br2NO2/c1-20-14-4-2-10(18)7-12(14)16-8-13(19)11-6-9(17)3-5-15(11)21-16/h2-7,13,16H,8,19H2,1H3/t13-,16?/m1/s1. The second-order valence-electron chi connectivity index (χ2n) is 5.02. The molecule has 3 nitrogen and oxygen atoms in total. The summed E-state index contributed by atoms with van der Waals surface area (Å²) in [7, 11) is 1.67. The fourth-order valence-electron chi connectivity index (χ4n) is 2.62. The van der Waals surface area contributed by atoms with Gasteiger partial charge in [-0.2, -0.15) is 0 Å². The maximum absolute atomic E-state index is 6.32. The van der Waals surface area contributed by atoms with Crippen LogP contribution in [0.5, 0.6) is 11.5 Å². The van der Waals surface area contributed by atoms with Gasteiger partial charge in [-0.25, -0.2) is 0 Å². The van der Waals surface area contributed by atoms with Crippen molar-refractivity contribution in [2.75, 3.05) is 7.11 Å². The fourth-order valence-corrected chi connectivity index (χ4v) is 3.38. The Morgan fingerprint density at radius 2 is 1.76 bits per heavy atom. The summed E-state index contributed by atoms with van der Waals surface area (Å²) >= 11 is 6.97. The first-order valence-corrected chi connectivity index (χ1v) is 8.22. The maximum Gasteiger partial charge on any atom is 0.129 e. The van der Waals surface area contributed by atoms with Gasteiger partial charge in [0.05, 0.1) is 7.11 Å². The van der Waals surface area contributed by atoms with Gasteiger partial charge >= 0.3 is 0 Å². The topological polar surface area (TPSA) is 44.5 Å². The van der Waals surface area contributed by atoms with Crippen LogP contribution >= 0.6 is 31.9 Å². The van der Waals surface area contributed by atoms with E-state index in [1.807, 2.05) is 36.4 Å². The van der Waals surface area contributed by atoms with E-state index in [4.69, 9.17) is 15.2 Å². The van der Waals surface area contributed by atoms with Crippen molar-refractivity contribution in [3.8, 4) is 11.5 Å². The van der Waals surface area contributed by atoms with E-state index in [0.29, 0.717) is 0 Å². The molecule has 0 radical (unpaired) electrons. The Labute approximate surface area is 140 Å². The second-order valence-corrected chi connectivity index (χ2v) is 6.85. The minimum absolute atomic E-state index is 0.0556. The lowest BCUT2D eigenvalue weighted by Crippen LogP contribution is -2.24. The number of halogens is 2. The maximum atomic E-state index is 6.32. The van der Waals surface area contributed by atoms with Gasteiger partial charge in [0.25, 0.3) is 0 Å². The van der Waals surface area contributed by atoms with Crippen LogP contribution in [0.4, 0.5) is 0 Å². The minimum Gasteiger partial charge on any atom is -0.496 e. The first kappa shape index (κ1) is 14.9. The Kier molecular flexibility index (Phi) is 4.24. The van der Waals surface area contributed by atoms with Gasteiger partial charge in [0.15, 0.2) is 0 Å². The Hall–Kier alpha value is -1.04. The second kappa shape index (κ2) is 5.99. The predicted molar refractivity (Wildman–Crippen MR) is 89.8 cm³/mol. The molecule has 2 aromatic carbocycles. The molecule has 21 heavy (non-hydrogen) atoms. The summed E-state index contributed by atoms with van der Waals surface area (Å²) in [5, 5.41) is 0. The van der Waals surface area contributed by atoms with Gasteiger partial charge in [-0.1, -0.05) is 31.9 Å². The first-order chi connectivity index (χ1) is 10.1. The van der Waals surface area contributed by atoms with E-state index in [1.54, 1.807) is 7.11 Å². The van der Waals surface area contributed by atoms with Crippen LogP contribution in [-0.4, -0.2) is 7.11 Å². The molecule has 0 amide bonds. The van der Waals surface area contributed by atoms with Gasteiger partial charge < -0.3 is 15.2 Å². The Morgan fingerprint density at radius 3 is 2.48 bits per heavy atom. The van der Waals surface area contributed by atoms with Crippen molar-refractivity contribution in [3.63, 3.8) is 0 Å². The van der Waals surface area contributed by atoms with Gasteiger partial charge in [0, 0.05) is 32.5 Å². The summed E-state index contributed by atoms with van der Waals surface area (Å²) in [6.07, 6.45) is 0.608. The lowest BCUT2D eigenvalue weighted by molar-refractivity contribution is 0.158. The Morgan fingerprint density at radius 1 is 1.10 bits per heavy atom. The number of hydrogen-bond donors (Lipinski definition) is 1. The third-order valence-corrected chi connectivity index (χ3v) is 4.63. The molecule has 0 bridgehead atoms. The number of benzene rings is 2. The average Bonchev–Trinajstić information content (AvgIpc) is 2.47. The number of fused-ring (bicyclic) bond motifs is 1. The molecule has 0 spiro atoms. The van der Waals surface area contributed by atoms with Crippen LogP contribution in [0.3, 0.4) is 0 Å². The molecule has 2 aromatic rings. The average molecular weight is 413 g/mol. The summed E-state index contributed by atoms with van der Waals surface area (Å²) in [5.41, 5.74) is 8.37. The summed E-state index contributed by atoms with van der Waals surface area (Å²) in [5.74, 6) is 1.65. The molecule has 0 aliphatic carbocycles. The summed E-state index contributed by atoms with van der Waals surface area (Å²) in [4.78, 5) is 0. The zero-order chi connectivity index (χ0) is 15.0. The molecular weight excluding hydrogens is 398 g/mol. The van der Waals surface area contributed by atoms with Crippen LogP contribution < -0.4 is 15.2 Å². The molecule has 0 aromatic heterocycles. The highest BCUT2D eigenvalue weighted by Crippen LogP contribution is 2.43. The lowest BCUT2D eigenvalue weighted by atomic mass is 9.93. The molecule has 1 aliphatic rings. The van der Waals surface area contributed by atoms with Gasteiger partial charge in [-0.05, 0) is 36.4 Å². The molecule has 5 heteroatoms. The number of hydrogen-bond acceptors (Lipinski definition) is 3. The van der Waals surface area contributed by atoms with Crippen LogP contribution in [-0.2, 0) is 0 Å². The highest BCUT2D eigenvalue weighted by atomic mass is 79.9. The van der Waals surface area contributed by atoms with E-state index in [2.05, 4.69) is 31.9 Å². The monoisotopic (exact) mass is 411 g/mol. The van der Waals surface area contributed by atoms with Crippen molar-refractivity contribution in [1.29, 1.82) is 0 Å². The van der Waals surface area contributed by atoms with Crippen molar-refractivity contribution in [1.82, 2.24) is 0 Å². The lowest BCUT2D eigenvalue weighted by Gasteiger charge is -2.31. The van der Waals surface area contributed by atoms with E-state index < -0.39 is 0 Å². The molecule has 1 unspecified atom stereocenters. The van der Waals surface area contributed by atoms with Gasteiger partial charge in [-0.3, -0.25) is 0 Å². The largest absolute Gasteiger partial charge is 0.496 e. The molecule has 2 atom stereocenters. The Bertz CT molecular complexity index is 675. The smallest absolute Gasteiger partial charge is 0.129 e. The molecule has 110 valence electrons. The van der Waals surface area contributed by atoms with Crippen molar-refractivity contribution < 1.29 is 9.47 Å². The molecule has 1 heterocycles. The van der Waals surface area contributed by atoms with Crippen LogP contribution in [0.2, 0.25) is 0 Å². The quantitative estimate of drug-likeness (QED) is 0.774. The molecule has 0 saturated heterocycles. The van der Waals surface area contributed by atoms with Crippen molar-refractivity contribution in [2.24, 2.45) is 5.73 Å². The van der Waals surface area contributed by atoms with Gasteiger partial charge in [0.1, 0.15) is 17.6 Å². The van der Waals surface area contributed by atoms with E-state index >= 15 is 0 Å². The number of ether oxygens (including phenoxy) is 2. The third-order valence-electron chi connectivity index (χ3n) is 3.65. The predicted octanol–water partition coefficient (Wildman–Crippen LogP) is 4.74.